The zero-order valence-corrected chi connectivity index (χ0v) is 43.4. The van der Waals surface area contributed by atoms with Crippen molar-refractivity contribution in [1.29, 1.82) is 0 Å². The first-order valence-electron chi connectivity index (χ1n) is 23.4. The van der Waals surface area contributed by atoms with Crippen LogP contribution in [0.4, 0.5) is 0 Å². The Bertz CT molecular complexity index is 3760. The Balaban J connectivity index is 1.04. The highest BCUT2D eigenvalue weighted by Gasteiger charge is 2.58. The predicted molar refractivity (Wildman–Crippen MR) is 284 cm³/mol. The number of rotatable bonds is 7. The fourth-order valence-electron chi connectivity index (χ4n) is 10.4. The van der Waals surface area contributed by atoms with Gasteiger partial charge in [-0.1, -0.05) is 161 Å². The molecule has 2 aliphatic rings. The SMILES string of the molecule is C[C@@H](Op1oc2ccc3ccccc3c2c2c(o1)c([Si](C)(C)C)cc1ccccc12)[C@H]1O[C@@H]2OC(C)(C)O[C@@H]2[C@H]1Op1oc2ccc3ccccc3c2c2c(o1)c([Si](C)(C)C)cc1ccccc12. The monoisotopic (exact) mass is 976 g/mol. The van der Waals surface area contributed by atoms with Gasteiger partial charge in [0.2, 0.25) is 0 Å². The van der Waals surface area contributed by atoms with Gasteiger partial charge in [0.25, 0.3) is 0 Å². The lowest BCUT2D eigenvalue weighted by molar-refractivity contribution is -0.218. The Morgan fingerprint density at radius 1 is 0.515 bits per heavy atom. The minimum Gasteiger partial charge on any atom is -0.399 e. The Hall–Kier alpha value is -5.17. The molecule has 0 amide bonds. The van der Waals surface area contributed by atoms with E-state index in [-0.39, 0.29) is 0 Å². The predicted octanol–water partition coefficient (Wildman–Crippen LogP) is 14.8. The molecular formula is C55H54O9P2Si2. The number of hydrogen-bond acceptors (Lipinski definition) is 9. The second-order valence-electron chi connectivity index (χ2n) is 20.8. The number of benzene rings is 8. The van der Waals surface area contributed by atoms with Crippen LogP contribution in [-0.4, -0.2) is 52.6 Å². The summed E-state index contributed by atoms with van der Waals surface area (Å²) >= 11 is 0. The Kier molecular flexibility index (Phi) is 10.5. The van der Waals surface area contributed by atoms with Gasteiger partial charge in [-0.15, -0.1) is 0 Å². The number of ether oxygens (including phenoxy) is 3. The van der Waals surface area contributed by atoms with Gasteiger partial charge < -0.3 is 31.0 Å². The van der Waals surface area contributed by atoms with E-state index < -0.39 is 69.1 Å². The lowest BCUT2D eigenvalue weighted by atomic mass is 9.99. The van der Waals surface area contributed by atoms with Gasteiger partial charge in [0.1, 0.15) is 40.6 Å². The summed E-state index contributed by atoms with van der Waals surface area (Å²) in [4.78, 5) is 0. The molecule has 0 N–H and O–H groups in total. The third kappa shape index (κ3) is 7.46. The molecule has 2 saturated heterocycles. The standard InChI is InChI=1S/C55H54O9P2Si2/c1-32(59-65-60-41-28-26-33-18-10-14-22-37(33)45(41)47-39-24-16-12-20-35(39)30-43(50(47)62-65)67(4,5)6)49-52(53-54(56-49)58-55(2,3)57-53)64-66-61-42-29-27-34-19-11-15-23-38(34)46(42)48-40-25-17-13-21-36(40)31-44(51(48)63-66)68(7,8)9/h10-32,49,52-54H,1-9H3/t32-,49-,52+,53-,54-,65?,66?/m1/s1. The van der Waals surface area contributed by atoms with Crippen molar-refractivity contribution < 1.29 is 40.0 Å². The van der Waals surface area contributed by atoms with Crippen LogP contribution < -0.4 is 19.4 Å². The molecule has 0 aliphatic carbocycles. The molecule has 7 atom stereocenters. The van der Waals surface area contributed by atoms with E-state index in [0.717, 1.165) is 75.8 Å². The Labute approximate surface area is 398 Å². The van der Waals surface area contributed by atoms with Crippen molar-refractivity contribution >= 4 is 130 Å². The molecule has 12 rings (SSSR count). The highest BCUT2D eigenvalue weighted by molar-refractivity contribution is 7.32. The fourth-order valence-corrected chi connectivity index (χ4v) is 15.8. The zero-order chi connectivity index (χ0) is 46.9. The van der Waals surface area contributed by atoms with Gasteiger partial charge in [-0.2, -0.15) is 0 Å². The summed E-state index contributed by atoms with van der Waals surface area (Å²) in [5.41, 5.74) is 2.99. The topological polar surface area (TPSA) is 98.7 Å². The van der Waals surface area contributed by atoms with E-state index in [2.05, 4.69) is 161 Å². The summed E-state index contributed by atoms with van der Waals surface area (Å²) in [6.07, 6.45) is -3.44. The minimum atomic E-state index is -2.11. The Morgan fingerprint density at radius 2 is 0.956 bits per heavy atom. The maximum absolute atomic E-state index is 7.23. The van der Waals surface area contributed by atoms with Gasteiger partial charge in [-0.3, -0.25) is 9.05 Å². The maximum atomic E-state index is 7.23. The molecule has 10 aromatic rings. The molecule has 0 saturated carbocycles. The molecule has 2 aromatic heterocycles. The summed E-state index contributed by atoms with van der Waals surface area (Å²) in [7, 11) is -8.24. The van der Waals surface area contributed by atoms with Crippen molar-refractivity contribution in [2.45, 2.75) is 96.5 Å². The molecule has 0 radical (unpaired) electrons. The van der Waals surface area contributed by atoms with Gasteiger partial charge >= 0.3 is 16.5 Å². The van der Waals surface area contributed by atoms with E-state index in [0.29, 0.717) is 11.2 Å². The summed E-state index contributed by atoms with van der Waals surface area (Å²) < 4.78 is 62.5. The minimum absolute atomic E-state index is 0.621. The summed E-state index contributed by atoms with van der Waals surface area (Å²) in [5.74, 6) is -0.920. The molecule has 13 heteroatoms. The third-order valence-corrected chi connectivity index (χ3v) is 19.8. The van der Waals surface area contributed by atoms with Crippen LogP contribution in [-0.2, 0) is 14.2 Å². The van der Waals surface area contributed by atoms with Crippen molar-refractivity contribution in [3.8, 4) is 0 Å². The van der Waals surface area contributed by atoms with Gasteiger partial charge in [0, 0.05) is 21.5 Å². The first-order chi connectivity index (χ1) is 32.6. The van der Waals surface area contributed by atoms with Crippen LogP contribution in [0.25, 0.3) is 87.0 Å². The van der Waals surface area contributed by atoms with Gasteiger partial charge in [-0.05, 0) is 86.4 Å². The molecule has 2 aliphatic heterocycles. The molecule has 2 fully saturated rings. The van der Waals surface area contributed by atoms with E-state index >= 15 is 0 Å². The van der Waals surface area contributed by atoms with Gasteiger partial charge in [0.05, 0.1) is 22.3 Å². The van der Waals surface area contributed by atoms with E-state index in [9.17, 15) is 0 Å². The van der Waals surface area contributed by atoms with Crippen molar-refractivity contribution in [2.24, 2.45) is 0 Å². The highest BCUT2D eigenvalue weighted by Crippen LogP contribution is 2.47. The largest absolute Gasteiger partial charge is 0.399 e. The quantitative estimate of drug-likeness (QED) is 0.145. The van der Waals surface area contributed by atoms with Crippen molar-refractivity contribution in [1.82, 2.24) is 0 Å². The molecular weight excluding hydrogens is 923 g/mol. The molecule has 9 nitrogen and oxygen atoms in total. The average molecular weight is 977 g/mol. The lowest BCUT2D eigenvalue weighted by Crippen LogP contribution is -2.44. The van der Waals surface area contributed by atoms with Crippen molar-refractivity contribution in [2.75, 3.05) is 0 Å². The smallest absolute Gasteiger partial charge is 0.387 e. The van der Waals surface area contributed by atoms with Crippen LogP contribution in [0.5, 0.6) is 0 Å². The van der Waals surface area contributed by atoms with E-state index in [1.807, 2.05) is 32.9 Å². The Morgan fingerprint density at radius 3 is 1.46 bits per heavy atom. The highest BCUT2D eigenvalue weighted by atomic mass is 31.1. The van der Waals surface area contributed by atoms with Crippen molar-refractivity contribution in [3.63, 3.8) is 0 Å². The molecule has 68 heavy (non-hydrogen) atoms. The van der Waals surface area contributed by atoms with E-state index in [1.54, 1.807) is 0 Å². The van der Waals surface area contributed by atoms with Crippen LogP contribution in [0.15, 0.2) is 150 Å². The lowest BCUT2D eigenvalue weighted by Gasteiger charge is -2.27. The fraction of sp³-hybridized carbons (Fsp3) is 0.273. The number of fused-ring (bicyclic) bond motifs is 15. The zero-order valence-electron chi connectivity index (χ0n) is 39.7. The maximum Gasteiger partial charge on any atom is 0.387 e. The molecule has 8 aromatic carbocycles. The van der Waals surface area contributed by atoms with Crippen LogP contribution in [0.1, 0.15) is 20.8 Å². The first-order valence-corrected chi connectivity index (χ1v) is 32.6. The summed E-state index contributed by atoms with van der Waals surface area (Å²) in [6, 6.07) is 46.9. The van der Waals surface area contributed by atoms with Crippen LogP contribution >= 0.6 is 16.5 Å². The van der Waals surface area contributed by atoms with Gasteiger partial charge in [0.15, 0.2) is 12.1 Å². The molecule has 0 spiro atoms. The summed E-state index contributed by atoms with van der Waals surface area (Å²) in [6.45, 7) is 19.9. The van der Waals surface area contributed by atoms with Crippen LogP contribution in [0, 0.1) is 0 Å². The summed E-state index contributed by atoms with van der Waals surface area (Å²) in [5, 5.41) is 15.3. The normalized spacial score (nSPS) is 20.7. The second kappa shape index (κ2) is 16.2. The third-order valence-electron chi connectivity index (χ3n) is 13.5. The average Bonchev–Trinajstić information content (AvgIpc) is 3.63. The number of hydrogen-bond donors (Lipinski definition) is 0. The van der Waals surface area contributed by atoms with Crippen LogP contribution in [0.3, 0.4) is 0 Å². The van der Waals surface area contributed by atoms with Crippen LogP contribution in [0.2, 0.25) is 39.3 Å². The molecule has 2 unspecified atom stereocenters. The van der Waals surface area contributed by atoms with Crippen molar-refractivity contribution in [3.05, 3.63) is 133 Å². The first kappa shape index (κ1) is 44.1. The second-order valence-corrected chi connectivity index (χ2v) is 32.9. The van der Waals surface area contributed by atoms with Gasteiger partial charge in [-0.25, -0.2) is 0 Å². The molecule has 4 heterocycles. The van der Waals surface area contributed by atoms with E-state index in [1.165, 1.54) is 10.4 Å². The molecule has 0 bridgehead atoms. The van der Waals surface area contributed by atoms with E-state index in [4.69, 9.17) is 40.0 Å². The molecule has 346 valence electrons.